The van der Waals surface area contributed by atoms with E-state index in [-0.39, 0.29) is 22.0 Å². The minimum Gasteiger partial charge on any atom is -0.462 e. The molecule has 0 spiro atoms. The van der Waals surface area contributed by atoms with E-state index in [9.17, 15) is 19.2 Å². The van der Waals surface area contributed by atoms with Crippen LogP contribution in [0.1, 0.15) is 38.1 Å². The van der Waals surface area contributed by atoms with Gasteiger partial charge in [-0.3, -0.25) is 9.59 Å². The molecule has 2 rings (SSSR count). The number of hydrogen-bond acceptors (Lipinski definition) is 7. The number of carbonyl (C=O) groups excluding carboxylic acids is 4. The summed E-state index contributed by atoms with van der Waals surface area (Å²) in [7, 11) is 1.45. The van der Waals surface area contributed by atoms with Crippen LogP contribution in [0.25, 0.3) is 6.08 Å². The summed E-state index contributed by atoms with van der Waals surface area (Å²) in [5.74, 6) is -2.58. The van der Waals surface area contributed by atoms with Crippen molar-refractivity contribution in [3.05, 3.63) is 55.9 Å². The lowest BCUT2D eigenvalue weighted by Crippen LogP contribution is -2.21. The highest BCUT2D eigenvalue weighted by molar-refractivity contribution is 7.18. The smallest absolute Gasteiger partial charge is 0.341 e. The molecule has 2 N–H and O–H groups in total. The van der Waals surface area contributed by atoms with Gasteiger partial charge >= 0.3 is 11.9 Å². The Labute approximate surface area is 198 Å². The van der Waals surface area contributed by atoms with Crippen molar-refractivity contribution in [2.75, 3.05) is 25.6 Å². The number of hydrogen-bond donors (Lipinski definition) is 2. The van der Waals surface area contributed by atoms with Crippen LogP contribution in [0.5, 0.6) is 0 Å². The second-order valence-electron chi connectivity index (χ2n) is 6.18. The van der Waals surface area contributed by atoms with Gasteiger partial charge in [0.15, 0.2) is 6.61 Å². The molecular weight excluding hydrogens is 479 g/mol. The molecule has 0 unspecified atom stereocenters. The zero-order valence-corrected chi connectivity index (χ0v) is 19.7. The molecule has 0 saturated carbocycles. The van der Waals surface area contributed by atoms with Gasteiger partial charge in [0, 0.05) is 28.7 Å². The van der Waals surface area contributed by atoms with Gasteiger partial charge < -0.3 is 20.1 Å². The first-order valence-electron chi connectivity index (χ1n) is 9.30. The zero-order chi connectivity index (χ0) is 23.8. The lowest BCUT2D eigenvalue weighted by molar-refractivity contribution is -0.142. The highest BCUT2D eigenvalue weighted by Crippen LogP contribution is 2.33. The predicted molar refractivity (Wildman–Crippen MR) is 123 cm³/mol. The lowest BCUT2D eigenvalue weighted by Gasteiger charge is -2.07. The Balaban J connectivity index is 2.09. The van der Waals surface area contributed by atoms with Crippen LogP contribution in [0, 0.1) is 6.92 Å². The summed E-state index contributed by atoms with van der Waals surface area (Å²) in [6.07, 6.45) is 2.46. The number of carbonyl (C=O) groups is 4. The van der Waals surface area contributed by atoms with Crippen LogP contribution in [-0.4, -0.2) is 44.0 Å². The van der Waals surface area contributed by atoms with Crippen molar-refractivity contribution in [3.63, 3.8) is 0 Å². The molecule has 8 nitrogen and oxygen atoms in total. The molecule has 1 aromatic heterocycles. The maximum atomic E-state index is 12.3. The maximum Gasteiger partial charge on any atom is 0.341 e. The van der Waals surface area contributed by atoms with E-state index < -0.39 is 30.4 Å². The number of rotatable bonds is 8. The third-order valence-electron chi connectivity index (χ3n) is 4.04. The van der Waals surface area contributed by atoms with Gasteiger partial charge in [0.1, 0.15) is 5.00 Å². The monoisotopic (exact) mass is 498 g/mol. The number of thiophene rings is 1. The number of amides is 2. The molecule has 0 aliphatic heterocycles. The van der Waals surface area contributed by atoms with E-state index >= 15 is 0 Å². The fraction of sp³-hybridized carbons (Fsp3) is 0.238. The third-order valence-corrected chi connectivity index (χ3v) is 5.91. The standard InChI is InChI=1S/C21H20Cl2N2O6S/c1-4-30-21(29)17-11(2)18(19(28)24-3)32-20(17)25-15(26)10-31-16(27)9-8-12-13(22)6-5-7-14(12)23/h5-9H,4,10H2,1-3H3,(H,24,28)(H,25,26)/b9-8+. The van der Waals surface area contributed by atoms with E-state index in [0.29, 0.717) is 21.2 Å². The number of benzene rings is 1. The van der Waals surface area contributed by atoms with Gasteiger partial charge in [0.25, 0.3) is 11.8 Å². The first kappa shape index (κ1) is 25.4. The van der Waals surface area contributed by atoms with E-state index in [1.807, 2.05) is 0 Å². The van der Waals surface area contributed by atoms with Crippen LogP contribution in [0.15, 0.2) is 24.3 Å². The number of anilines is 1. The molecule has 1 heterocycles. The number of esters is 2. The molecule has 0 fully saturated rings. The Morgan fingerprint density at radius 1 is 1.12 bits per heavy atom. The summed E-state index contributed by atoms with van der Waals surface area (Å²) in [4.78, 5) is 48.9. The van der Waals surface area contributed by atoms with Gasteiger partial charge in [0.05, 0.1) is 17.0 Å². The largest absolute Gasteiger partial charge is 0.462 e. The fourth-order valence-corrected chi connectivity index (χ4v) is 4.23. The van der Waals surface area contributed by atoms with E-state index in [4.69, 9.17) is 32.7 Å². The zero-order valence-electron chi connectivity index (χ0n) is 17.4. The van der Waals surface area contributed by atoms with Gasteiger partial charge in [0.2, 0.25) is 0 Å². The highest BCUT2D eigenvalue weighted by atomic mass is 35.5. The number of halogens is 2. The van der Waals surface area contributed by atoms with Crippen molar-refractivity contribution in [3.8, 4) is 0 Å². The van der Waals surface area contributed by atoms with Crippen molar-refractivity contribution in [1.82, 2.24) is 5.32 Å². The molecule has 11 heteroatoms. The van der Waals surface area contributed by atoms with E-state index in [0.717, 1.165) is 17.4 Å². The fourth-order valence-electron chi connectivity index (χ4n) is 2.55. The van der Waals surface area contributed by atoms with Crippen LogP contribution in [-0.2, 0) is 19.1 Å². The van der Waals surface area contributed by atoms with Crippen molar-refractivity contribution in [1.29, 1.82) is 0 Å². The summed E-state index contributed by atoms with van der Waals surface area (Å²) in [6.45, 7) is 2.72. The summed E-state index contributed by atoms with van der Waals surface area (Å²) in [5.41, 5.74) is 0.884. The van der Waals surface area contributed by atoms with Crippen LogP contribution < -0.4 is 10.6 Å². The van der Waals surface area contributed by atoms with Gasteiger partial charge in [-0.25, -0.2) is 9.59 Å². The van der Waals surface area contributed by atoms with Crippen LogP contribution >= 0.6 is 34.5 Å². The number of ether oxygens (including phenoxy) is 2. The maximum absolute atomic E-state index is 12.3. The molecule has 0 saturated heterocycles. The summed E-state index contributed by atoms with van der Waals surface area (Å²) in [6, 6.07) is 4.89. The average Bonchev–Trinajstić information content (AvgIpc) is 3.07. The predicted octanol–water partition coefficient (Wildman–Crippen LogP) is 4.09. The van der Waals surface area contributed by atoms with Crippen LogP contribution in [0.3, 0.4) is 0 Å². The summed E-state index contributed by atoms with van der Waals surface area (Å²) in [5, 5.41) is 5.80. The molecule has 0 atom stereocenters. The van der Waals surface area contributed by atoms with Crippen molar-refractivity contribution in [2.24, 2.45) is 0 Å². The topological polar surface area (TPSA) is 111 Å². The van der Waals surface area contributed by atoms with Gasteiger partial charge in [-0.1, -0.05) is 29.3 Å². The molecule has 1 aromatic carbocycles. The minimum absolute atomic E-state index is 0.0726. The Bertz CT molecular complexity index is 1060. The SMILES string of the molecule is CCOC(=O)c1c(NC(=O)COC(=O)/C=C/c2c(Cl)cccc2Cl)sc(C(=O)NC)c1C. The van der Waals surface area contributed by atoms with E-state index in [2.05, 4.69) is 10.6 Å². The minimum atomic E-state index is -0.796. The summed E-state index contributed by atoms with van der Waals surface area (Å²) < 4.78 is 9.93. The first-order valence-corrected chi connectivity index (χ1v) is 10.9. The number of nitrogens with one attached hydrogen (secondary N) is 2. The van der Waals surface area contributed by atoms with Crippen LogP contribution in [0.2, 0.25) is 10.0 Å². The van der Waals surface area contributed by atoms with E-state index in [1.54, 1.807) is 32.0 Å². The molecule has 2 aromatic rings. The molecular formula is C21H20Cl2N2O6S. The quantitative estimate of drug-likeness (QED) is 0.418. The third kappa shape index (κ3) is 6.32. The second kappa shape index (κ2) is 11.7. The van der Waals surface area contributed by atoms with Gasteiger partial charge in [-0.2, -0.15) is 0 Å². The lowest BCUT2D eigenvalue weighted by atomic mass is 10.1. The molecule has 32 heavy (non-hydrogen) atoms. The molecule has 0 bridgehead atoms. The van der Waals surface area contributed by atoms with Gasteiger partial charge in [-0.15, -0.1) is 11.3 Å². The van der Waals surface area contributed by atoms with Crippen LogP contribution in [0.4, 0.5) is 5.00 Å². The average molecular weight is 499 g/mol. The Hall–Kier alpha value is -2.88. The van der Waals surface area contributed by atoms with Crippen molar-refractivity contribution < 1.29 is 28.7 Å². The summed E-state index contributed by atoms with van der Waals surface area (Å²) >= 11 is 13.0. The Morgan fingerprint density at radius 3 is 2.38 bits per heavy atom. The molecule has 170 valence electrons. The highest BCUT2D eigenvalue weighted by Gasteiger charge is 2.26. The van der Waals surface area contributed by atoms with Crippen molar-refractivity contribution >= 4 is 69.4 Å². The Morgan fingerprint density at radius 2 is 1.78 bits per heavy atom. The molecule has 0 radical (unpaired) electrons. The second-order valence-corrected chi connectivity index (χ2v) is 8.02. The van der Waals surface area contributed by atoms with Gasteiger partial charge in [-0.05, 0) is 37.6 Å². The Kier molecular flexibility index (Phi) is 9.25. The van der Waals surface area contributed by atoms with Crippen molar-refractivity contribution in [2.45, 2.75) is 13.8 Å². The molecule has 0 aliphatic carbocycles. The normalized spacial score (nSPS) is 10.7. The first-order chi connectivity index (χ1) is 15.2. The molecule has 0 aliphatic rings. The van der Waals surface area contributed by atoms with E-state index in [1.165, 1.54) is 13.1 Å². The molecule has 2 amide bonds.